The van der Waals surface area contributed by atoms with Crippen LogP contribution >= 0.6 is 0 Å². The van der Waals surface area contributed by atoms with Crippen LogP contribution in [-0.4, -0.2) is 23.5 Å². The average molecular weight is 269 g/mol. The van der Waals surface area contributed by atoms with Crippen LogP contribution in [0.25, 0.3) is 0 Å². The molecule has 102 valence electrons. The lowest BCUT2D eigenvalue weighted by atomic mass is 10.2. The fraction of sp³-hybridized carbons (Fsp3) is 0.125. The van der Waals surface area contributed by atoms with Gasteiger partial charge in [-0.2, -0.15) is 4.74 Å². The molecule has 0 aliphatic carbocycles. The Balaban J connectivity index is 2.17. The molecule has 2 aromatic rings. The predicted molar refractivity (Wildman–Crippen MR) is 77.3 cm³/mol. The van der Waals surface area contributed by atoms with Crippen LogP contribution in [0.15, 0.2) is 54.6 Å². The van der Waals surface area contributed by atoms with Crippen molar-refractivity contribution >= 4 is 17.9 Å². The van der Waals surface area contributed by atoms with Crippen molar-refractivity contribution in [3.8, 4) is 0 Å². The maximum absolute atomic E-state index is 12.0. The molecule has 0 atom stereocenters. The molecular formula is C16H15NO3. The first-order valence-electron chi connectivity index (χ1n) is 6.34. The van der Waals surface area contributed by atoms with Gasteiger partial charge in [-0.25, -0.2) is 4.79 Å². The predicted octanol–water partition coefficient (Wildman–Crippen LogP) is 3.12. The zero-order chi connectivity index (χ0) is 14.4. The van der Waals surface area contributed by atoms with Crippen LogP contribution in [0, 0.1) is 5.21 Å². The van der Waals surface area contributed by atoms with Gasteiger partial charge in [0, 0.05) is 17.7 Å². The molecular weight excluding hydrogens is 254 g/mol. The van der Waals surface area contributed by atoms with Crippen molar-refractivity contribution < 1.29 is 14.3 Å². The lowest BCUT2D eigenvalue weighted by Gasteiger charge is -2.04. The second kappa shape index (κ2) is 6.52. The summed E-state index contributed by atoms with van der Waals surface area (Å²) in [6.07, 6.45) is 1.49. The van der Waals surface area contributed by atoms with Gasteiger partial charge in [-0.3, -0.25) is 0 Å². The molecule has 0 saturated carbocycles. The first-order valence-corrected chi connectivity index (χ1v) is 6.34. The molecule has 0 aromatic heterocycles. The van der Waals surface area contributed by atoms with Gasteiger partial charge in [0.05, 0.1) is 12.2 Å². The Morgan fingerprint density at radius 2 is 1.80 bits per heavy atom. The lowest BCUT2D eigenvalue weighted by Crippen LogP contribution is -2.05. The summed E-state index contributed by atoms with van der Waals surface area (Å²) in [6.45, 7) is 2.08. The standard InChI is InChI=1S/C16H15NO3/c1-2-20-16(18)14-8-10-15(11-9-14)17(19)12-13-6-4-3-5-7-13/h3-12H,2H2,1H3/b17-12+. The second-order valence-electron chi connectivity index (χ2n) is 4.13. The minimum absolute atomic E-state index is 0.329. The van der Waals surface area contributed by atoms with Crippen LogP contribution in [-0.2, 0) is 4.74 Å². The Hall–Kier alpha value is -2.62. The Bertz CT molecular complexity index is 603. The number of carbonyl (C=O) groups excluding carboxylic acids is 1. The molecule has 0 amide bonds. The maximum Gasteiger partial charge on any atom is 0.338 e. The lowest BCUT2D eigenvalue weighted by molar-refractivity contribution is -0.354. The van der Waals surface area contributed by atoms with Gasteiger partial charge in [-0.15, -0.1) is 0 Å². The highest BCUT2D eigenvalue weighted by molar-refractivity contribution is 5.89. The van der Waals surface area contributed by atoms with E-state index in [4.69, 9.17) is 4.74 Å². The van der Waals surface area contributed by atoms with Crippen molar-refractivity contribution in [1.29, 1.82) is 0 Å². The van der Waals surface area contributed by atoms with Crippen molar-refractivity contribution in [2.45, 2.75) is 6.92 Å². The molecule has 0 radical (unpaired) electrons. The molecule has 0 bridgehead atoms. The van der Waals surface area contributed by atoms with E-state index in [0.29, 0.717) is 17.9 Å². The molecule has 0 aliphatic rings. The topological polar surface area (TPSA) is 52.4 Å². The Labute approximate surface area is 117 Å². The SMILES string of the molecule is CCOC(=O)c1ccc(/[N+]([O-])=C\c2ccccc2)cc1. The van der Waals surface area contributed by atoms with E-state index in [0.717, 1.165) is 10.3 Å². The minimum Gasteiger partial charge on any atom is -0.618 e. The van der Waals surface area contributed by atoms with Gasteiger partial charge in [0.1, 0.15) is 0 Å². The molecule has 0 heterocycles. The third-order valence-corrected chi connectivity index (χ3v) is 2.70. The summed E-state index contributed by atoms with van der Waals surface area (Å²) in [7, 11) is 0. The Morgan fingerprint density at radius 3 is 2.40 bits per heavy atom. The van der Waals surface area contributed by atoms with Gasteiger partial charge in [-0.1, -0.05) is 18.2 Å². The van der Waals surface area contributed by atoms with Crippen LogP contribution in [0.5, 0.6) is 0 Å². The largest absolute Gasteiger partial charge is 0.618 e. The van der Waals surface area contributed by atoms with Gasteiger partial charge in [-0.05, 0) is 31.2 Å². The number of hydrogen-bond donors (Lipinski definition) is 0. The summed E-state index contributed by atoms with van der Waals surface area (Å²) in [5.74, 6) is -0.386. The number of nitrogens with zero attached hydrogens (tertiary/aromatic N) is 1. The van der Waals surface area contributed by atoms with Crippen LogP contribution < -0.4 is 0 Å². The number of carbonyl (C=O) groups is 1. The quantitative estimate of drug-likeness (QED) is 0.282. The van der Waals surface area contributed by atoms with Crippen molar-refractivity contribution in [1.82, 2.24) is 0 Å². The number of benzene rings is 2. The third-order valence-electron chi connectivity index (χ3n) is 2.70. The molecule has 2 aromatic carbocycles. The molecule has 20 heavy (non-hydrogen) atoms. The molecule has 0 unspecified atom stereocenters. The zero-order valence-electron chi connectivity index (χ0n) is 11.2. The normalized spacial score (nSPS) is 11.2. The van der Waals surface area contributed by atoms with Gasteiger partial charge < -0.3 is 9.94 Å². The summed E-state index contributed by atoms with van der Waals surface area (Å²) in [6, 6.07) is 15.7. The Morgan fingerprint density at radius 1 is 1.15 bits per heavy atom. The van der Waals surface area contributed by atoms with Gasteiger partial charge >= 0.3 is 5.97 Å². The molecule has 4 nitrogen and oxygen atoms in total. The van der Waals surface area contributed by atoms with E-state index in [1.165, 1.54) is 6.21 Å². The van der Waals surface area contributed by atoms with Gasteiger partial charge in [0.2, 0.25) is 5.69 Å². The number of rotatable bonds is 4. The zero-order valence-corrected chi connectivity index (χ0v) is 11.2. The van der Waals surface area contributed by atoms with Gasteiger partial charge in [0.15, 0.2) is 6.21 Å². The molecule has 0 saturated heterocycles. The van der Waals surface area contributed by atoms with Crippen LogP contribution in [0.1, 0.15) is 22.8 Å². The van der Waals surface area contributed by atoms with E-state index in [2.05, 4.69) is 0 Å². The summed E-state index contributed by atoms with van der Waals surface area (Å²) in [5, 5.41) is 12.0. The highest BCUT2D eigenvalue weighted by Gasteiger charge is 2.08. The first-order chi connectivity index (χ1) is 9.70. The van der Waals surface area contributed by atoms with Crippen molar-refractivity contribution in [2.24, 2.45) is 0 Å². The third kappa shape index (κ3) is 3.45. The van der Waals surface area contributed by atoms with E-state index in [9.17, 15) is 10.0 Å². The molecule has 2 rings (SSSR count). The molecule has 0 spiro atoms. The van der Waals surface area contributed by atoms with Crippen molar-refractivity contribution in [3.05, 3.63) is 70.9 Å². The van der Waals surface area contributed by atoms with Crippen LogP contribution in [0.4, 0.5) is 5.69 Å². The van der Waals surface area contributed by atoms with E-state index in [1.807, 2.05) is 30.3 Å². The highest BCUT2D eigenvalue weighted by Crippen LogP contribution is 2.13. The molecule has 0 N–H and O–H groups in total. The first kappa shape index (κ1) is 13.8. The molecule has 0 fully saturated rings. The summed E-state index contributed by atoms with van der Waals surface area (Å²) in [5.41, 5.74) is 1.71. The minimum atomic E-state index is -0.386. The number of hydrogen-bond acceptors (Lipinski definition) is 3. The Kier molecular flexibility index (Phi) is 4.50. The maximum atomic E-state index is 12.0. The second-order valence-corrected chi connectivity index (χ2v) is 4.13. The molecule has 0 aliphatic heterocycles. The molecule has 4 heteroatoms. The van der Waals surface area contributed by atoms with Crippen LogP contribution in [0.2, 0.25) is 0 Å². The monoisotopic (exact) mass is 269 g/mol. The van der Waals surface area contributed by atoms with E-state index in [-0.39, 0.29) is 5.97 Å². The van der Waals surface area contributed by atoms with Gasteiger partial charge in [0.25, 0.3) is 0 Å². The van der Waals surface area contributed by atoms with E-state index in [1.54, 1.807) is 31.2 Å². The average Bonchev–Trinajstić information content (AvgIpc) is 2.48. The number of esters is 1. The fourth-order valence-electron chi connectivity index (χ4n) is 1.71. The van der Waals surface area contributed by atoms with E-state index < -0.39 is 0 Å². The highest BCUT2D eigenvalue weighted by atomic mass is 16.5. The fourth-order valence-corrected chi connectivity index (χ4v) is 1.71. The van der Waals surface area contributed by atoms with Crippen molar-refractivity contribution in [3.63, 3.8) is 0 Å². The smallest absolute Gasteiger partial charge is 0.338 e. The summed E-state index contributed by atoms with van der Waals surface area (Å²) in [4.78, 5) is 11.5. The summed E-state index contributed by atoms with van der Waals surface area (Å²) >= 11 is 0. The van der Waals surface area contributed by atoms with Crippen LogP contribution in [0.3, 0.4) is 0 Å². The van der Waals surface area contributed by atoms with Crippen molar-refractivity contribution in [2.75, 3.05) is 6.61 Å². The summed E-state index contributed by atoms with van der Waals surface area (Å²) < 4.78 is 5.65. The number of ether oxygens (including phenoxy) is 1. The van der Waals surface area contributed by atoms with E-state index >= 15 is 0 Å².